The Morgan fingerprint density at radius 1 is 1.37 bits per heavy atom. The van der Waals surface area contributed by atoms with E-state index in [9.17, 15) is 9.90 Å². The Morgan fingerprint density at radius 2 is 1.95 bits per heavy atom. The number of rotatable bonds is 4. The third-order valence-corrected chi connectivity index (χ3v) is 4.37. The number of hydrogen-bond donors (Lipinski definition) is 2. The smallest absolute Gasteiger partial charge is 0.328 e. The van der Waals surface area contributed by atoms with Gasteiger partial charge in [0.1, 0.15) is 5.54 Å². The molecule has 5 heteroatoms. The fourth-order valence-corrected chi connectivity index (χ4v) is 3.06. The summed E-state index contributed by atoms with van der Waals surface area (Å²) in [4.78, 5) is 14.0. The van der Waals surface area contributed by atoms with Gasteiger partial charge in [-0.25, -0.2) is 4.79 Å². The number of carboxylic acids is 1. The molecule has 1 aliphatic heterocycles. The molecule has 1 heterocycles. The lowest BCUT2D eigenvalue weighted by atomic mass is 9.85. The molecule has 19 heavy (non-hydrogen) atoms. The van der Waals surface area contributed by atoms with Crippen molar-refractivity contribution in [2.75, 3.05) is 26.2 Å². The number of halogens is 1. The van der Waals surface area contributed by atoms with Crippen LogP contribution in [0, 0.1) is 0 Å². The van der Waals surface area contributed by atoms with Gasteiger partial charge >= 0.3 is 5.97 Å². The first-order valence-electron chi connectivity index (χ1n) is 6.56. The Hall–Kier alpha value is -0.910. The Labute approximate surface area is 121 Å². The summed E-state index contributed by atoms with van der Waals surface area (Å²) < 4.78 is 0.965. The number of carbonyl (C=O) groups is 1. The Balaban J connectivity index is 2.43. The lowest BCUT2D eigenvalue weighted by molar-refractivity contribution is -0.153. The van der Waals surface area contributed by atoms with Crippen LogP contribution in [-0.2, 0) is 10.3 Å². The van der Waals surface area contributed by atoms with Crippen LogP contribution in [0.15, 0.2) is 28.7 Å². The van der Waals surface area contributed by atoms with Crippen molar-refractivity contribution in [3.05, 3.63) is 34.3 Å². The molecule has 0 aromatic heterocycles. The number of nitrogens with one attached hydrogen (secondary N) is 1. The predicted octanol–water partition coefficient (Wildman–Crippen LogP) is 2.04. The van der Waals surface area contributed by atoms with E-state index >= 15 is 0 Å². The van der Waals surface area contributed by atoms with Crippen LogP contribution in [0.4, 0.5) is 0 Å². The molecular weight excluding hydrogens is 308 g/mol. The first kappa shape index (κ1) is 14.5. The first-order chi connectivity index (χ1) is 9.11. The van der Waals surface area contributed by atoms with E-state index in [0.717, 1.165) is 36.2 Å². The van der Waals surface area contributed by atoms with Gasteiger partial charge in [0.25, 0.3) is 0 Å². The molecule has 1 saturated heterocycles. The Kier molecular flexibility index (Phi) is 4.60. The monoisotopic (exact) mass is 326 g/mol. The minimum absolute atomic E-state index is 0.559. The van der Waals surface area contributed by atoms with Crippen molar-refractivity contribution in [3.63, 3.8) is 0 Å². The van der Waals surface area contributed by atoms with Crippen LogP contribution in [0.5, 0.6) is 0 Å². The van der Waals surface area contributed by atoms with Crippen molar-refractivity contribution >= 4 is 21.9 Å². The number of hydrogen-bond acceptors (Lipinski definition) is 3. The molecule has 2 rings (SSSR count). The van der Waals surface area contributed by atoms with Crippen LogP contribution < -0.4 is 5.32 Å². The molecule has 1 atom stereocenters. The summed E-state index contributed by atoms with van der Waals surface area (Å²) in [5.74, 6) is -0.765. The molecule has 0 spiro atoms. The molecule has 104 valence electrons. The lowest BCUT2D eigenvalue weighted by Crippen LogP contribution is -2.58. The maximum atomic E-state index is 12.0. The molecule has 0 aliphatic carbocycles. The zero-order valence-electron chi connectivity index (χ0n) is 11.0. The standard InChI is InChI=1S/C14H19BrN2O2/c1-2-14(13(18)19,17-9-7-16-8-10-17)11-3-5-12(15)6-4-11/h3-6,16H,2,7-10H2,1H3,(H,18,19). The van der Waals surface area contributed by atoms with Crippen molar-refractivity contribution in [3.8, 4) is 0 Å². The third-order valence-electron chi connectivity index (χ3n) is 3.84. The average Bonchev–Trinajstić information content (AvgIpc) is 2.43. The zero-order valence-corrected chi connectivity index (χ0v) is 12.6. The summed E-state index contributed by atoms with van der Waals surface area (Å²) in [7, 11) is 0. The normalized spacial score (nSPS) is 19.9. The number of benzene rings is 1. The highest BCUT2D eigenvalue weighted by atomic mass is 79.9. The number of aliphatic carboxylic acids is 1. The van der Waals surface area contributed by atoms with Crippen LogP contribution in [0.3, 0.4) is 0 Å². The van der Waals surface area contributed by atoms with Crippen molar-refractivity contribution in [2.45, 2.75) is 18.9 Å². The highest BCUT2D eigenvalue weighted by Crippen LogP contribution is 2.33. The summed E-state index contributed by atoms with van der Waals surface area (Å²) in [6, 6.07) is 7.63. The van der Waals surface area contributed by atoms with Gasteiger partial charge in [0.2, 0.25) is 0 Å². The summed E-state index contributed by atoms with van der Waals surface area (Å²) >= 11 is 3.40. The van der Waals surface area contributed by atoms with Gasteiger partial charge in [-0.15, -0.1) is 0 Å². The predicted molar refractivity (Wildman–Crippen MR) is 78.2 cm³/mol. The van der Waals surface area contributed by atoms with Crippen molar-refractivity contribution in [2.24, 2.45) is 0 Å². The van der Waals surface area contributed by atoms with Gasteiger partial charge in [-0.1, -0.05) is 35.0 Å². The van der Waals surface area contributed by atoms with Gasteiger partial charge in [-0.3, -0.25) is 4.90 Å². The van der Waals surface area contributed by atoms with E-state index in [2.05, 4.69) is 26.1 Å². The van der Waals surface area contributed by atoms with Crippen LogP contribution in [0.1, 0.15) is 18.9 Å². The minimum atomic E-state index is -0.914. The molecule has 2 N–H and O–H groups in total. The highest BCUT2D eigenvalue weighted by molar-refractivity contribution is 9.10. The Bertz CT molecular complexity index is 443. The fourth-order valence-electron chi connectivity index (χ4n) is 2.79. The lowest BCUT2D eigenvalue weighted by Gasteiger charge is -2.42. The van der Waals surface area contributed by atoms with E-state index in [4.69, 9.17) is 0 Å². The number of nitrogens with zero attached hydrogens (tertiary/aromatic N) is 1. The van der Waals surface area contributed by atoms with E-state index in [1.54, 1.807) is 0 Å². The van der Waals surface area contributed by atoms with Crippen LogP contribution >= 0.6 is 15.9 Å². The van der Waals surface area contributed by atoms with Crippen LogP contribution in [0.25, 0.3) is 0 Å². The summed E-state index contributed by atoms with van der Waals surface area (Å²) in [6.07, 6.45) is 0.559. The second kappa shape index (κ2) is 6.03. The molecular formula is C14H19BrN2O2. The third kappa shape index (κ3) is 2.68. The molecule has 1 fully saturated rings. The number of carboxylic acid groups (broad SMARTS) is 1. The van der Waals surface area contributed by atoms with Crippen molar-refractivity contribution in [1.82, 2.24) is 10.2 Å². The van der Waals surface area contributed by atoms with Gasteiger partial charge in [-0.05, 0) is 24.1 Å². The molecule has 1 aliphatic rings. The zero-order chi connectivity index (χ0) is 13.9. The average molecular weight is 327 g/mol. The maximum Gasteiger partial charge on any atom is 0.328 e. The highest BCUT2D eigenvalue weighted by Gasteiger charge is 2.44. The van der Waals surface area contributed by atoms with Crippen LogP contribution in [-0.4, -0.2) is 42.2 Å². The number of piperazine rings is 1. The second-order valence-corrected chi connectivity index (χ2v) is 5.68. The van der Waals surface area contributed by atoms with Crippen molar-refractivity contribution in [1.29, 1.82) is 0 Å². The SMILES string of the molecule is CCC(C(=O)O)(c1ccc(Br)cc1)N1CCNCC1. The van der Waals surface area contributed by atoms with Gasteiger partial charge in [0, 0.05) is 30.7 Å². The van der Waals surface area contributed by atoms with Crippen molar-refractivity contribution < 1.29 is 9.90 Å². The second-order valence-electron chi connectivity index (χ2n) is 4.76. The maximum absolute atomic E-state index is 12.0. The van der Waals surface area contributed by atoms with Gasteiger partial charge < -0.3 is 10.4 Å². The van der Waals surface area contributed by atoms with E-state index in [1.165, 1.54) is 0 Å². The molecule has 0 bridgehead atoms. The van der Waals surface area contributed by atoms with E-state index in [1.807, 2.05) is 31.2 Å². The topological polar surface area (TPSA) is 52.6 Å². The summed E-state index contributed by atoms with van der Waals surface area (Å²) in [5, 5.41) is 13.1. The Morgan fingerprint density at radius 3 is 2.42 bits per heavy atom. The van der Waals surface area contributed by atoms with Crippen LogP contribution in [0.2, 0.25) is 0 Å². The molecule has 4 nitrogen and oxygen atoms in total. The molecule has 0 amide bonds. The molecule has 1 aromatic rings. The molecule has 0 saturated carbocycles. The summed E-state index contributed by atoms with van der Waals surface area (Å²) in [5.41, 5.74) is -0.0596. The van der Waals surface area contributed by atoms with E-state index in [0.29, 0.717) is 6.42 Å². The van der Waals surface area contributed by atoms with Gasteiger partial charge in [0.15, 0.2) is 0 Å². The fraction of sp³-hybridized carbons (Fsp3) is 0.500. The molecule has 1 aromatic carbocycles. The minimum Gasteiger partial charge on any atom is -0.480 e. The molecule has 0 radical (unpaired) electrons. The van der Waals surface area contributed by atoms with E-state index < -0.39 is 11.5 Å². The largest absolute Gasteiger partial charge is 0.480 e. The molecule has 1 unspecified atom stereocenters. The summed E-state index contributed by atoms with van der Waals surface area (Å²) in [6.45, 7) is 5.14. The first-order valence-corrected chi connectivity index (χ1v) is 7.35. The van der Waals surface area contributed by atoms with E-state index in [-0.39, 0.29) is 0 Å². The van der Waals surface area contributed by atoms with Gasteiger partial charge in [0.05, 0.1) is 0 Å². The quantitative estimate of drug-likeness (QED) is 0.889. The van der Waals surface area contributed by atoms with Gasteiger partial charge in [-0.2, -0.15) is 0 Å².